The van der Waals surface area contributed by atoms with E-state index in [2.05, 4.69) is 25.7 Å². The number of aromatic amines is 1. The molecule has 12 heteroatoms. The smallest absolute Gasteiger partial charge is 0.275 e. The van der Waals surface area contributed by atoms with Gasteiger partial charge in [0.2, 0.25) is 5.91 Å². The lowest BCUT2D eigenvalue weighted by molar-refractivity contribution is -0.123. The third-order valence-electron chi connectivity index (χ3n) is 6.36. The van der Waals surface area contributed by atoms with Gasteiger partial charge in [-0.05, 0) is 25.0 Å². The van der Waals surface area contributed by atoms with Crippen LogP contribution < -0.4 is 20.9 Å². The van der Waals surface area contributed by atoms with Crippen LogP contribution in [0.25, 0.3) is 21.8 Å². The first-order valence-electron chi connectivity index (χ1n) is 12.4. The molecule has 3 N–H and O–H groups in total. The fourth-order valence-electron chi connectivity index (χ4n) is 4.61. The minimum atomic E-state index is -2.60. The molecule has 1 aliphatic heterocycles. The van der Waals surface area contributed by atoms with Gasteiger partial charge in [0.25, 0.3) is 12.0 Å². The van der Waals surface area contributed by atoms with E-state index in [1.807, 2.05) is 6.07 Å². The molecule has 38 heavy (non-hydrogen) atoms. The summed E-state index contributed by atoms with van der Waals surface area (Å²) < 4.78 is 37.2. The van der Waals surface area contributed by atoms with Crippen molar-refractivity contribution in [3.8, 4) is 5.75 Å². The van der Waals surface area contributed by atoms with Gasteiger partial charge in [-0.15, -0.1) is 0 Å². The van der Waals surface area contributed by atoms with Crippen LogP contribution in [-0.2, 0) is 22.5 Å². The Morgan fingerprint density at radius 2 is 2.11 bits per heavy atom. The first-order chi connectivity index (χ1) is 18.4. The summed E-state index contributed by atoms with van der Waals surface area (Å²) in [5, 5.41) is 11.5. The number of halogens is 2. The first kappa shape index (κ1) is 25.6. The summed E-state index contributed by atoms with van der Waals surface area (Å²) in [7, 11) is 1.67. The molecule has 0 radical (unpaired) electrons. The number of anilines is 1. The molecule has 0 bridgehead atoms. The quantitative estimate of drug-likeness (QED) is 0.307. The van der Waals surface area contributed by atoms with Gasteiger partial charge >= 0.3 is 0 Å². The maximum Gasteiger partial charge on any atom is 0.275 e. The Hall–Kier alpha value is -4.06. The molecule has 3 heterocycles. The third kappa shape index (κ3) is 5.59. The van der Waals surface area contributed by atoms with E-state index < -0.39 is 13.0 Å². The number of carbonyl (C=O) groups excluding carboxylic acids is 1. The second-order valence-electron chi connectivity index (χ2n) is 9.11. The second kappa shape index (κ2) is 11.1. The highest BCUT2D eigenvalue weighted by atomic mass is 19.3. The highest BCUT2D eigenvalue weighted by Gasteiger charge is 2.19. The van der Waals surface area contributed by atoms with E-state index in [4.69, 9.17) is 9.47 Å². The summed E-state index contributed by atoms with van der Waals surface area (Å²) in [5.41, 5.74) is 1.97. The molecular formula is C26H28F2N6O4. The highest BCUT2D eigenvalue weighted by molar-refractivity contribution is 5.85. The zero-order valence-electron chi connectivity index (χ0n) is 20.8. The maximum absolute atomic E-state index is 13.1. The SMILES string of the molecule is CNc1cc2[nH]c(Cc3nn(CC(=O)NC4CCCOC4)c(=O)c4ccccc34)nc2cc1OCC(F)F. The number of fused-ring (bicyclic) bond motifs is 2. The highest BCUT2D eigenvalue weighted by Crippen LogP contribution is 2.30. The zero-order valence-corrected chi connectivity index (χ0v) is 20.8. The van der Waals surface area contributed by atoms with E-state index in [0.717, 1.165) is 12.8 Å². The molecule has 1 saturated heterocycles. The Labute approximate surface area is 216 Å². The lowest BCUT2D eigenvalue weighted by Crippen LogP contribution is -2.43. The van der Waals surface area contributed by atoms with Crippen LogP contribution in [0.4, 0.5) is 14.5 Å². The fourth-order valence-corrected chi connectivity index (χ4v) is 4.61. The van der Waals surface area contributed by atoms with Crippen molar-refractivity contribution in [1.82, 2.24) is 25.1 Å². The third-order valence-corrected chi connectivity index (χ3v) is 6.36. The lowest BCUT2D eigenvalue weighted by atomic mass is 10.1. The molecule has 1 fully saturated rings. The number of imidazole rings is 1. The summed E-state index contributed by atoms with van der Waals surface area (Å²) in [4.78, 5) is 33.6. The molecule has 0 spiro atoms. The van der Waals surface area contributed by atoms with Gasteiger partial charge in [-0.2, -0.15) is 5.10 Å². The number of aromatic nitrogens is 4. The number of ether oxygens (including phenoxy) is 2. The Kier molecular flexibility index (Phi) is 7.50. The predicted octanol–water partition coefficient (Wildman–Crippen LogP) is 2.84. The monoisotopic (exact) mass is 526 g/mol. The average molecular weight is 527 g/mol. The van der Waals surface area contributed by atoms with Gasteiger partial charge < -0.3 is 25.1 Å². The summed E-state index contributed by atoms with van der Waals surface area (Å²) >= 11 is 0. The number of nitrogens with zero attached hydrogens (tertiary/aromatic N) is 3. The van der Waals surface area contributed by atoms with Crippen LogP contribution in [0.15, 0.2) is 41.2 Å². The Balaban J connectivity index is 1.44. The van der Waals surface area contributed by atoms with Gasteiger partial charge in [-0.3, -0.25) is 9.59 Å². The molecule has 1 atom stereocenters. The topological polar surface area (TPSA) is 123 Å². The zero-order chi connectivity index (χ0) is 26.6. The molecule has 1 unspecified atom stereocenters. The number of benzene rings is 2. The summed E-state index contributed by atoms with van der Waals surface area (Å²) in [6, 6.07) is 10.3. The summed E-state index contributed by atoms with van der Waals surface area (Å²) in [5.74, 6) is 0.514. The van der Waals surface area contributed by atoms with E-state index >= 15 is 0 Å². The van der Waals surface area contributed by atoms with Crippen LogP contribution >= 0.6 is 0 Å². The minimum absolute atomic E-state index is 0.0838. The summed E-state index contributed by atoms with van der Waals surface area (Å²) in [6.07, 6.45) is -0.655. The van der Waals surface area contributed by atoms with E-state index in [1.54, 1.807) is 37.4 Å². The normalized spacial score (nSPS) is 15.7. The molecule has 2 aromatic heterocycles. The molecule has 4 aromatic rings. The molecule has 1 aliphatic rings. The molecule has 200 valence electrons. The molecule has 2 aromatic carbocycles. The van der Waals surface area contributed by atoms with Crippen molar-refractivity contribution in [3.63, 3.8) is 0 Å². The lowest BCUT2D eigenvalue weighted by Gasteiger charge is -2.23. The van der Waals surface area contributed by atoms with Crippen molar-refractivity contribution in [2.75, 3.05) is 32.2 Å². The van der Waals surface area contributed by atoms with Crippen molar-refractivity contribution in [2.45, 2.75) is 38.3 Å². The number of hydrogen-bond donors (Lipinski definition) is 3. The van der Waals surface area contributed by atoms with Crippen LogP contribution in [0.5, 0.6) is 5.75 Å². The predicted molar refractivity (Wildman–Crippen MR) is 138 cm³/mol. The molecule has 5 rings (SSSR count). The summed E-state index contributed by atoms with van der Waals surface area (Å²) in [6.45, 7) is 0.191. The van der Waals surface area contributed by atoms with Crippen LogP contribution in [0, 0.1) is 0 Å². The number of H-pyrrole nitrogens is 1. The molecule has 10 nitrogen and oxygen atoms in total. The Bertz CT molecular complexity index is 1510. The second-order valence-corrected chi connectivity index (χ2v) is 9.11. The number of alkyl halides is 2. The minimum Gasteiger partial charge on any atom is -0.485 e. The van der Waals surface area contributed by atoms with E-state index in [1.165, 1.54) is 4.68 Å². The maximum atomic E-state index is 13.1. The van der Waals surface area contributed by atoms with Gasteiger partial charge in [0.15, 0.2) is 0 Å². The molecular weight excluding hydrogens is 498 g/mol. The molecule has 0 aliphatic carbocycles. The van der Waals surface area contributed by atoms with Crippen LogP contribution in [0.1, 0.15) is 24.4 Å². The standard InChI is InChI=1S/C26H28F2N6O4/c1-29-21-9-19-20(10-22(21)38-14-23(27)28)32-24(31-19)11-18-16-6-2-3-7-17(16)26(36)34(33-18)12-25(35)30-15-5-4-8-37-13-15/h2-3,6-7,9-10,15,23,29H,4-5,8,11-14H2,1H3,(H,30,35)(H,31,32). The Morgan fingerprint density at radius 3 is 2.84 bits per heavy atom. The Morgan fingerprint density at radius 1 is 1.29 bits per heavy atom. The van der Waals surface area contributed by atoms with Gasteiger partial charge in [0, 0.05) is 25.1 Å². The van der Waals surface area contributed by atoms with Gasteiger partial charge in [-0.1, -0.05) is 18.2 Å². The molecule has 1 amide bonds. The van der Waals surface area contributed by atoms with Crippen LogP contribution in [0.2, 0.25) is 0 Å². The van der Waals surface area contributed by atoms with Crippen molar-refractivity contribution >= 4 is 33.4 Å². The van der Waals surface area contributed by atoms with Gasteiger partial charge in [0.1, 0.15) is 24.7 Å². The van der Waals surface area contributed by atoms with Crippen molar-refractivity contribution in [2.24, 2.45) is 0 Å². The van der Waals surface area contributed by atoms with Gasteiger partial charge in [-0.25, -0.2) is 18.4 Å². The first-order valence-corrected chi connectivity index (χ1v) is 12.4. The van der Waals surface area contributed by atoms with E-state index in [-0.39, 0.29) is 36.2 Å². The van der Waals surface area contributed by atoms with Gasteiger partial charge in [0.05, 0.1) is 46.9 Å². The van der Waals surface area contributed by atoms with Crippen LogP contribution in [-0.4, -0.2) is 65.0 Å². The largest absolute Gasteiger partial charge is 0.485 e. The van der Waals surface area contributed by atoms with E-state index in [9.17, 15) is 18.4 Å². The van der Waals surface area contributed by atoms with Crippen molar-refractivity contribution < 1.29 is 23.0 Å². The van der Waals surface area contributed by atoms with E-state index in [0.29, 0.717) is 52.2 Å². The number of nitrogens with one attached hydrogen (secondary N) is 3. The van der Waals surface area contributed by atoms with Crippen LogP contribution in [0.3, 0.4) is 0 Å². The number of hydrogen-bond acceptors (Lipinski definition) is 7. The van der Waals surface area contributed by atoms with Crippen molar-refractivity contribution in [1.29, 1.82) is 0 Å². The molecule has 0 saturated carbocycles. The average Bonchev–Trinajstić information content (AvgIpc) is 3.31. The fraction of sp³-hybridized carbons (Fsp3) is 0.385. The number of carbonyl (C=O) groups is 1. The number of amides is 1. The number of rotatable bonds is 9. The van der Waals surface area contributed by atoms with Crippen molar-refractivity contribution in [3.05, 3.63) is 58.3 Å².